The summed E-state index contributed by atoms with van der Waals surface area (Å²) in [5.41, 5.74) is 1.14. The van der Waals surface area contributed by atoms with Crippen LogP contribution in [0.4, 0.5) is 11.6 Å². The molecule has 0 unspecified atom stereocenters. The van der Waals surface area contributed by atoms with Crippen LogP contribution in [-0.4, -0.2) is 29.6 Å². The number of anilines is 2. The van der Waals surface area contributed by atoms with Gasteiger partial charge in [-0.15, -0.1) is 0 Å². The van der Waals surface area contributed by atoms with Crippen molar-refractivity contribution in [2.45, 2.75) is 47.5 Å². The third kappa shape index (κ3) is 3.12. The number of aromatic nitrogens is 2. The Hall–Kier alpha value is -1.32. The molecular weight excluding hydrogens is 224 g/mol. The molecule has 0 saturated carbocycles. The van der Waals surface area contributed by atoms with Crippen molar-refractivity contribution in [3.8, 4) is 0 Å². The summed E-state index contributed by atoms with van der Waals surface area (Å²) in [6, 6.07) is 0. The van der Waals surface area contributed by atoms with Crippen molar-refractivity contribution in [3.63, 3.8) is 0 Å². The zero-order valence-corrected chi connectivity index (χ0v) is 12.5. The van der Waals surface area contributed by atoms with Crippen molar-refractivity contribution in [3.05, 3.63) is 11.4 Å². The summed E-state index contributed by atoms with van der Waals surface area (Å²) < 4.78 is 0. The minimum atomic E-state index is 0.345. The Labute approximate surface area is 111 Å². The minimum Gasteiger partial charge on any atom is -0.370 e. The maximum absolute atomic E-state index is 4.73. The van der Waals surface area contributed by atoms with Gasteiger partial charge in [0.25, 0.3) is 0 Å². The van der Waals surface area contributed by atoms with Crippen molar-refractivity contribution in [1.29, 1.82) is 0 Å². The van der Waals surface area contributed by atoms with Crippen LogP contribution in [0.15, 0.2) is 0 Å². The van der Waals surface area contributed by atoms with Gasteiger partial charge in [0.05, 0.1) is 0 Å². The van der Waals surface area contributed by atoms with E-state index in [1.165, 1.54) is 0 Å². The SMILES string of the molecule is CCNc1nc(C(C)C)nc(N(CC)CC)c1C. The number of hydrogen-bond acceptors (Lipinski definition) is 4. The zero-order chi connectivity index (χ0) is 13.7. The highest BCUT2D eigenvalue weighted by atomic mass is 15.2. The Morgan fingerprint density at radius 1 is 1.11 bits per heavy atom. The van der Waals surface area contributed by atoms with Gasteiger partial charge in [-0.1, -0.05) is 13.8 Å². The Bertz CT molecular complexity index is 384. The van der Waals surface area contributed by atoms with E-state index in [9.17, 15) is 0 Å². The van der Waals surface area contributed by atoms with Gasteiger partial charge in [-0.05, 0) is 27.7 Å². The fraction of sp³-hybridized carbons (Fsp3) is 0.714. The Morgan fingerprint density at radius 3 is 2.17 bits per heavy atom. The first-order valence-corrected chi connectivity index (χ1v) is 6.92. The van der Waals surface area contributed by atoms with Crippen LogP contribution in [0, 0.1) is 6.92 Å². The van der Waals surface area contributed by atoms with Crippen LogP contribution in [0.1, 0.15) is 51.9 Å². The highest BCUT2D eigenvalue weighted by molar-refractivity contribution is 5.58. The summed E-state index contributed by atoms with van der Waals surface area (Å²) in [7, 11) is 0. The molecule has 0 aromatic carbocycles. The van der Waals surface area contributed by atoms with E-state index in [0.29, 0.717) is 5.92 Å². The maximum Gasteiger partial charge on any atom is 0.137 e. The van der Waals surface area contributed by atoms with E-state index in [1.54, 1.807) is 0 Å². The molecule has 1 aromatic heterocycles. The number of nitrogens with zero attached hydrogens (tertiary/aromatic N) is 3. The molecular formula is C14H26N4. The normalized spacial score (nSPS) is 10.8. The smallest absolute Gasteiger partial charge is 0.137 e. The molecule has 1 heterocycles. The predicted molar refractivity (Wildman–Crippen MR) is 78.6 cm³/mol. The van der Waals surface area contributed by atoms with Gasteiger partial charge in [0, 0.05) is 31.1 Å². The summed E-state index contributed by atoms with van der Waals surface area (Å²) in [6.45, 7) is 15.6. The fourth-order valence-electron chi connectivity index (χ4n) is 1.95. The van der Waals surface area contributed by atoms with Crippen LogP contribution in [0.25, 0.3) is 0 Å². The number of nitrogens with one attached hydrogen (secondary N) is 1. The molecule has 1 aromatic rings. The lowest BCUT2D eigenvalue weighted by Crippen LogP contribution is -2.25. The fourth-order valence-corrected chi connectivity index (χ4v) is 1.95. The molecule has 0 bridgehead atoms. The summed E-state index contributed by atoms with van der Waals surface area (Å²) in [5.74, 6) is 3.29. The maximum atomic E-state index is 4.73. The molecule has 0 atom stereocenters. The van der Waals surface area contributed by atoms with Gasteiger partial charge in [0.2, 0.25) is 0 Å². The van der Waals surface area contributed by atoms with Gasteiger partial charge >= 0.3 is 0 Å². The van der Waals surface area contributed by atoms with E-state index in [1.807, 2.05) is 0 Å². The highest BCUT2D eigenvalue weighted by Crippen LogP contribution is 2.25. The molecule has 18 heavy (non-hydrogen) atoms. The predicted octanol–water partition coefficient (Wildman–Crippen LogP) is 3.19. The van der Waals surface area contributed by atoms with Gasteiger partial charge in [0.1, 0.15) is 17.5 Å². The van der Waals surface area contributed by atoms with Gasteiger partial charge < -0.3 is 10.2 Å². The van der Waals surface area contributed by atoms with Crippen LogP contribution in [0.2, 0.25) is 0 Å². The van der Waals surface area contributed by atoms with Gasteiger partial charge in [0.15, 0.2) is 0 Å². The van der Waals surface area contributed by atoms with Crippen molar-refractivity contribution >= 4 is 11.6 Å². The summed E-state index contributed by atoms with van der Waals surface area (Å²) in [4.78, 5) is 11.6. The highest BCUT2D eigenvalue weighted by Gasteiger charge is 2.15. The van der Waals surface area contributed by atoms with Gasteiger partial charge in [-0.3, -0.25) is 0 Å². The molecule has 4 nitrogen and oxygen atoms in total. The van der Waals surface area contributed by atoms with Crippen LogP contribution in [-0.2, 0) is 0 Å². The molecule has 0 aliphatic rings. The van der Waals surface area contributed by atoms with Crippen LogP contribution in [0.5, 0.6) is 0 Å². The Balaban J connectivity index is 3.29. The molecule has 1 rings (SSSR count). The first kappa shape index (κ1) is 14.7. The average molecular weight is 250 g/mol. The van der Waals surface area contributed by atoms with Crippen LogP contribution in [0.3, 0.4) is 0 Å². The molecule has 0 fully saturated rings. The average Bonchev–Trinajstić information content (AvgIpc) is 2.34. The van der Waals surface area contributed by atoms with Crippen molar-refractivity contribution in [2.24, 2.45) is 0 Å². The number of hydrogen-bond donors (Lipinski definition) is 1. The lowest BCUT2D eigenvalue weighted by molar-refractivity contribution is 0.752. The Kier molecular flexibility index (Phi) is 5.38. The topological polar surface area (TPSA) is 41.1 Å². The molecule has 1 N–H and O–H groups in total. The van der Waals surface area contributed by atoms with Crippen molar-refractivity contribution < 1.29 is 0 Å². The molecule has 102 valence electrons. The molecule has 0 amide bonds. The van der Waals surface area contributed by atoms with Gasteiger partial charge in [-0.25, -0.2) is 9.97 Å². The van der Waals surface area contributed by atoms with Gasteiger partial charge in [-0.2, -0.15) is 0 Å². The van der Waals surface area contributed by atoms with E-state index in [4.69, 9.17) is 4.98 Å². The first-order valence-electron chi connectivity index (χ1n) is 6.92. The lowest BCUT2D eigenvalue weighted by atomic mass is 10.2. The second-order valence-electron chi connectivity index (χ2n) is 4.74. The minimum absolute atomic E-state index is 0.345. The molecule has 0 spiro atoms. The van der Waals surface area contributed by atoms with E-state index in [-0.39, 0.29) is 0 Å². The second-order valence-corrected chi connectivity index (χ2v) is 4.74. The molecule has 0 aliphatic carbocycles. The third-order valence-corrected chi connectivity index (χ3v) is 3.06. The van der Waals surface area contributed by atoms with Crippen molar-refractivity contribution in [1.82, 2.24) is 9.97 Å². The molecule has 4 heteroatoms. The largest absolute Gasteiger partial charge is 0.370 e. The summed E-state index contributed by atoms with van der Waals surface area (Å²) in [6.07, 6.45) is 0. The summed E-state index contributed by atoms with van der Waals surface area (Å²) in [5, 5.41) is 3.34. The zero-order valence-electron chi connectivity index (χ0n) is 12.5. The first-order chi connectivity index (χ1) is 8.54. The Morgan fingerprint density at radius 2 is 1.72 bits per heavy atom. The molecule has 0 radical (unpaired) electrons. The van der Waals surface area contributed by atoms with Crippen LogP contribution >= 0.6 is 0 Å². The third-order valence-electron chi connectivity index (χ3n) is 3.06. The molecule has 0 aliphatic heterocycles. The van der Waals surface area contributed by atoms with E-state index >= 15 is 0 Å². The van der Waals surface area contributed by atoms with Crippen LogP contribution < -0.4 is 10.2 Å². The van der Waals surface area contributed by atoms with E-state index < -0.39 is 0 Å². The quantitative estimate of drug-likeness (QED) is 0.842. The van der Waals surface area contributed by atoms with E-state index in [0.717, 1.165) is 42.7 Å². The standard InChI is InChI=1S/C14H26N4/c1-7-15-13-11(6)14(18(8-2)9-3)17-12(16-13)10(4)5/h10H,7-9H2,1-6H3,(H,15,16,17). The van der Waals surface area contributed by atoms with Crippen molar-refractivity contribution in [2.75, 3.05) is 29.9 Å². The summed E-state index contributed by atoms with van der Waals surface area (Å²) >= 11 is 0. The number of rotatable bonds is 6. The monoisotopic (exact) mass is 250 g/mol. The lowest BCUT2D eigenvalue weighted by Gasteiger charge is -2.24. The second kappa shape index (κ2) is 6.57. The molecule has 0 saturated heterocycles. The van der Waals surface area contributed by atoms with E-state index in [2.05, 4.69) is 56.7 Å².